The number of halogens is 1. The van der Waals surface area contributed by atoms with Gasteiger partial charge in [-0.3, -0.25) is 14.5 Å². The van der Waals surface area contributed by atoms with Crippen molar-refractivity contribution in [2.24, 2.45) is 0 Å². The summed E-state index contributed by atoms with van der Waals surface area (Å²) in [4.78, 5) is 26.2. The molecular weight excluding hydrogens is 344 g/mol. The van der Waals surface area contributed by atoms with Gasteiger partial charge in [0, 0.05) is 11.8 Å². The molecule has 0 fully saturated rings. The Morgan fingerprint density at radius 3 is 2.23 bits per heavy atom. The van der Waals surface area contributed by atoms with Gasteiger partial charge in [0.2, 0.25) is 0 Å². The van der Waals surface area contributed by atoms with Gasteiger partial charge in [-0.15, -0.1) is 0 Å². The van der Waals surface area contributed by atoms with E-state index in [9.17, 15) is 9.59 Å². The number of hydrogen-bond donors (Lipinski definition) is 1. The molecule has 0 saturated carbocycles. The lowest BCUT2D eigenvalue weighted by atomic mass is 10.1. The van der Waals surface area contributed by atoms with E-state index < -0.39 is 6.17 Å². The van der Waals surface area contributed by atoms with Crippen molar-refractivity contribution in [3.63, 3.8) is 0 Å². The Balaban J connectivity index is 2.01. The minimum Gasteiger partial charge on any atom is -0.327 e. The summed E-state index contributed by atoms with van der Waals surface area (Å²) in [5, 5.41) is 2.83. The smallest absolute Gasteiger partial charge is 0.261 e. The van der Waals surface area contributed by atoms with Crippen LogP contribution in [0.25, 0.3) is 0 Å². The third kappa shape index (κ3) is 2.80. The topological polar surface area (TPSA) is 49.4 Å². The van der Waals surface area contributed by atoms with Crippen LogP contribution in [-0.4, -0.2) is 16.7 Å². The zero-order valence-corrected chi connectivity index (χ0v) is 13.2. The molecule has 1 atom stereocenters. The van der Waals surface area contributed by atoms with Crippen molar-refractivity contribution in [1.29, 1.82) is 0 Å². The normalized spacial score (nSPS) is 17.7. The van der Waals surface area contributed by atoms with Crippen LogP contribution in [0.2, 0.25) is 0 Å². The molecule has 2 aromatic carbocycles. The molecule has 0 saturated heterocycles. The summed E-state index contributed by atoms with van der Waals surface area (Å²) >= 11 is 3.19. The third-order valence-electron chi connectivity index (χ3n) is 3.39. The second-order valence-electron chi connectivity index (χ2n) is 4.84. The molecule has 0 unspecified atom stereocenters. The van der Waals surface area contributed by atoms with Crippen molar-refractivity contribution in [2.75, 3.05) is 0 Å². The van der Waals surface area contributed by atoms with Gasteiger partial charge in [0.25, 0.3) is 11.8 Å². The van der Waals surface area contributed by atoms with E-state index in [1.165, 1.54) is 11.1 Å². The molecule has 22 heavy (non-hydrogen) atoms. The Kier molecular flexibility index (Phi) is 4.06. The van der Waals surface area contributed by atoms with E-state index in [1.807, 2.05) is 48.5 Å². The molecule has 0 bridgehead atoms. The lowest BCUT2D eigenvalue weighted by molar-refractivity contribution is -0.119. The molecule has 0 aromatic heterocycles. The van der Waals surface area contributed by atoms with Gasteiger partial charge in [0.1, 0.15) is 6.17 Å². The molecule has 0 aliphatic carbocycles. The highest BCUT2D eigenvalue weighted by Crippen LogP contribution is 2.27. The molecule has 2 aromatic rings. The van der Waals surface area contributed by atoms with Gasteiger partial charge in [0.15, 0.2) is 0 Å². The molecule has 110 valence electrons. The van der Waals surface area contributed by atoms with E-state index >= 15 is 0 Å². The number of nitrogens with one attached hydrogen (secondary N) is 1. The summed E-state index contributed by atoms with van der Waals surface area (Å²) in [7, 11) is 0. The lowest BCUT2D eigenvalue weighted by Gasteiger charge is -2.33. The van der Waals surface area contributed by atoms with Gasteiger partial charge < -0.3 is 5.32 Å². The maximum absolute atomic E-state index is 12.7. The maximum atomic E-state index is 12.7. The highest BCUT2D eigenvalue weighted by Gasteiger charge is 2.31. The van der Waals surface area contributed by atoms with E-state index in [2.05, 4.69) is 21.2 Å². The van der Waals surface area contributed by atoms with Crippen LogP contribution in [0, 0.1) is 0 Å². The third-order valence-corrected chi connectivity index (χ3v) is 3.95. The fourth-order valence-electron chi connectivity index (χ4n) is 2.30. The van der Waals surface area contributed by atoms with Crippen LogP contribution < -0.4 is 5.32 Å². The molecule has 1 aliphatic heterocycles. The first-order valence-corrected chi connectivity index (χ1v) is 7.57. The number of nitrogens with zero attached hydrogens (tertiary/aromatic N) is 1. The van der Waals surface area contributed by atoms with Crippen molar-refractivity contribution in [2.45, 2.75) is 6.17 Å². The van der Waals surface area contributed by atoms with Crippen LogP contribution in [0.3, 0.4) is 0 Å². The standard InChI is InChI=1S/C17H13BrN2O2/c18-14-11-20(17(22)13-9-5-2-6-10-13)15(19-16(14)21)12-7-3-1-4-8-12/h1-11,15H,(H,19,21)/t15-/m0/s1. The summed E-state index contributed by atoms with van der Waals surface area (Å²) in [5.41, 5.74) is 1.41. The lowest BCUT2D eigenvalue weighted by Crippen LogP contribution is -2.45. The molecule has 1 N–H and O–H groups in total. The zero-order chi connectivity index (χ0) is 15.5. The van der Waals surface area contributed by atoms with Crippen LogP contribution in [0.4, 0.5) is 0 Å². The Labute approximate surface area is 136 Å². The zero-order valence-electron chi connectivity index (χ0n) is 11.6. The molecule has 0 radical (unpaired) electrons. The quantitative estimate of drug-likeness (QED) is 0.898. The minimum atomic E-state index is -0.525. The molecule has 2 amide bonds. The van der Waals surface area contributed by atoms with E-state index in [-0.39, 0.29) is 11.8 Å². The van der Waals surface area contributed by atoms with Crippen LogP contribution in [0.15, 0.2) is 71.3 Å². The van der Waals surface area contributed by atoms with Gasteiger partial charge >= 0.3 is 0 Å². The van der Waals surface area contributed by atoms with Crippen molar-refractivity contribution in [3.8, 4) is 0 Å². The van der Waals surface area contributed by atoms with Gasteiger partial charge in [-0.05, 0) is 33.6 Å². The number of rotatable bonds is 2. The number of carbonyl (C=O) groups is 2. The van der Waals surface area contributed by atoms with Crippen molar-refractivity contribution >= 4 is 27.7 Å². The SMILES string of the molecule is O=C1N[C@H](c2ccccc2)N(C(=O)c2ccccc2)C=C1Br. The summed E-state index contributed by atoms with van der Waals surface area (Å²) in [6.45, 7) is 0. The number of hydrogen-bond acceptors (Lipinski definition) is 2. The highest BCUT2D eigenvalue weighted by molar-refractivity contribution is 9.12. The fraction of sp³-hybridized carbons (Fsp3) is 0.0588. The summed E-state index contributed by atoms with van der Waals surface area (Å²) < 4.78 is 0.323. The van der Waals surface area contributed by atoms with Gasteiger partial charge in [-0.2, -0.15) is 0 Å². The summed E-state index contributed by atoms with van der Waals surface area (Å²) in [5.74, 6) is -0.419. The van der Waals surface area contributed by atoms with Crippen LogP contribution in [0.1, 0.15) is 22.1 Å². The van der Waals surface area contributed by atoms with E-state index in [1.54, 1.807) is 12.1 Å². The van der Waals surface area contributed by atoms with E-state index in [4.69, 9.17) is 0 Å². The monoisotopic (exact) mass is 356 g/mol. The predicted molar refractivity (Wildman–Crippen MR) is 86.9 cm³/mol. The second-order valence-corrected chi connectivity index (χ2v) is 5.70. The Morgan fingerprint density at radius 1 is 1.00 bits per heavy atom. The molecule has 0 spiro atoms. The molecule has 1 heterocycles. The fourth-order valence-corrected chi connectivity index (χ4v) is 2.64. The van der Waals surface area contributed by atoms with Crippen LogP contribution >= 0.6 is 15.9 Å². The Hall–Kier alpha value is -2.40. The highest BCUT2D eigenvalue weighted by atomic mass is 79.9. The minimum absolute atomic E-state index is 0.175. The van der Waals surface area contributed by atoms with Crippen molar-refractivity contribution < 1.29 is 9.59 Å². The van der Waals surface area contributed by atoms with E-state index in [0.29, 0.717) is 10.0 Å². The van der Waals surface area contributed by atoms with Crippen LogP contribution in [0.5, 0.6) is 0 Å². The van der Waals surface area contributed by atoms with Crippen molar-refractivity contribution in [1.82, 2.24) is 10.2 Å². The first-order chi connectivity index (χ1) is 10.7. The Morgan fingerprint density at radius 2 is 1.59 bits per heavy atom. The number of carbonyl (C=O) groups excluding carboxylic acids is 2. The average molecular weight is 357 g/mol. The first kappa shape index (κ1) is 14.5. The molecular formula is C17H13BrN2O2. The number of benzene rings is 2. The van der Waals surface area contributed by atoms with Gasteiger partial charge in [0.05, 0.1) is 4.48 Å². The van der Waals surface area contributed by atoms with E-state index in [0.717, 1.165) is 5.56 Å². The van der Waals surface area contributed by atoms with Crippen LogP contribution in [-0.2, 0) is 4.79 Å². The number of amides is 2. The predicted octanol–water partition coefficient (Wildman–Crippen LogP) is 3.19. The molecule has 1 aliphatic rings. The van der Waals surface area contributed by atoms with Crippen molar-refractivity contribution in [3.05, 3.63) is 82.5 Å². The second kappa shape index (κ2) is 6.15. The largest absolute Gasteiger partial charge is 0.327 e. The van der Waals surface area contributed by atoms with Gasteiger partial charge in [-0.1, -0.05) is 48.5 Å². The molecule has 4 nitrogen and oxygen atoms in total. The van der Waals surface area contributed by atoms with Gasteiger partial charge in [-0.25, -0.2) is 0 Å². The Bertz CT molecular complexity index is 729. The maximum Gasteiger partial charge on any atom is 0.261 e. The first-order valence-electron chi connectivity index (χ1n) is 6.77. The summed E-state index contributed by atoms with van der Waals surface area (Å²) in [6, 6.07) is 18.4. The average Bonchev–Trinajstić information content (AvgIpc) is 2.58. The molecule has 3 rings (SSSR count). The molecule has 5 heteroatoms. The summed E-state index contributed by atoms with van der Waals surface area (Å²) in [6.07, 6.45) is 1.01.